The molecular formula is C14H18ClFO4S. The number of hydrogen-bond donors (Lipinski definition) is 0. The van der Waals surface area contributed by atoms with Crippen LogP contribution in [0.4, 0.5) is 4.39 Å². The topological polar surface area (TPSA) is 52.6 Å². The largest absolute Gasteiger partial charge is 0.484 e. The number of halogens is 2. The highest BCUT2D eigenvalue weighted by Crippen LogP contribution is 2.40. The van der Waals surface area contributed by atoms with Crippen LogP contribution in [0.1, 0.15) is 34.1 Å². The molecule has 1 heterocycles. The Labute approximate surface area is 128 Å². The first-order valence-electron chi connectivity index (χ1n) is 6.52. The van der Waals surface area contributed by atoms with Gasteiger partial charge in [0, 0.05) is 17.1 Å². The molecule has 0 aliphatic carbocycles. The van der Waals surface area contributed by atoms with E-state index in [1.807, 2.05) is 27.7 Å². The molecule has 7 heteroatoms. The Morgan fingerprint density at radius 3 is 2.38 bits per heavy atom. The normalized spacial score (nSPS) is 24.0. The van der Waals surface area contributed by atoms with E-state index < -0.39 is 20.5 Å². The molecule has 1 unspecified atom stereocenters. The van der Waals surface area contributed by atoms with E-state index in [0.717, 1.165) is 6.07 Å². The Balaban J connectivity index is 2.25. The molecule has 0 aromatic heterocycles. The lowest BCUT2D eigenvalue weighted by molar-refractivity contribution is -0.0849. The van der Waals surface area contributed by atoms with Gasteiger partial charge in [0.15, 0.2) is 11.6 Å². The van der Waals surface area contributed by atoms with Crippen molar-refractivity contribution in [2.24, 2.45) is 0 Å². The molecule has 0 spiro atoms. The molecule has 0 radical (unpaired) electrons. The van der Waals surface area contributed by atoms with Crippen LogP contribution in [0.3, 0.4) is 0 Å². The summed E-state index contributed by atoms with van der Waals surface area (Å²) >= 11 is 0. The van der Waals surface area contributed by atoms with Crippen molar-refractivity contribution in [3.05, 3.63) is 24.0 Å². The maximum Gasteiger partial charge on any atom is 0.261 e. The van der Waals surface area contributed by atoms with Gasteiger partial charge in [-0.05, 0) is 45.9 Å². The van der Waals surface area contributed by atoms with E-state index in [9.17, 15) is 12.8 Å². The van der Waals surface area contributed by atoms with Gasteiger partial charge in [-0.2, -0.15) is 0 Å². The van der Waals surface area contributed by atoms with E-state index in [4.69, 9.17) is 20.2 Å². The molecule has 0 amide bonds. The van der Waals surface area contributed by atoms with Crippen LogP contribution in [-0.4, -0.2) is 25.7 Å². The highest BCUT2D eigenvalue weighted by molar-refractivity contribution is 8.13. The van der Waals surface area contributed by atoms with Gasteiger partial charge in [-0.25, -0.2) is 12.8 Å². The quantitative estimate of drug-likeness (QED) is 0.793. The SMILES string of the molecule is CC1(C)CC(Oc2ccc(S(=O)(=O)Cl)cc2F)C(C)(C)O1. The van der Waals surface area contributed by atoms with Crippen LogP contribution in [0.25, 0.3) is 0 Å². The summed E-state index contributed by atoms with van der Waals surface area (Å²) in [5, 5.41) is 0. The minimum atomic E-state index is -3.96. The van der Waals surface area contributed by atoms with Crippen LogP contribution in [0, 0.1) is 5.82 Å². The molecule has 0 saturated carbocycles. The third kappa shape index (κ3) is 3.67. The summed E-state index contributed by atoms with van der Waals surface area (Å²) in [6, 6.07) is 3.34. The van der Waals surface area contributed by atoms with Gasteiger partial charge in [-0.3, -0.25) is 0 Å². The van der Waals surface area contributed by atoms with Crippen molar-refractivity contribution < 1.29 is 22.3 Å². The average molecular weight is 337 g/mol. The van der Waals surface area contributed by atoms with E-state index in [-0.39, 0.29) is 22.4 Å². The lowest BCUT2D eigenvalue weighted by Crippen LogP contribution is -2.36. The summed E-state index contributed by atoms with van der Waals surface area (Å²) in [6.07, 6.45) is 0.273. The van der Waals surface area contributed by atoms with Crippen LogP contribution in [0.2, 0.25) is 0 Å². The Bertz CT molecular complexity index is 655. The monoisotopic (exact) mass is 336 g/mol. The second-order valence-corrected chi connectivity index (χ2v) is 8.87. The molecule has 4 nitrogen and oxygen atoms in total. The maximum absolute atomic E-state index is 14.0. The van der Waals surface area contributed by atoms with E-state index in [1.54, 1.807) is 0 Å². The van der Waals surface area contributed by atoms with Gasteiger partial charge in [-0.15, -0.1) is 0 Å². The van der Waals surface area contributed by atoms with E-state index in [2.05, 4.69) is 0 Å². The van der Waals surface area contributed by atoms with Gasteiger partial charge >= 0.3 is 0 Å². The lowest BCUT2D eigenvalue weighted by atomic mass is 9.97. The van der Waals surface area contributed by atoms with E-state index >= 15 is 0 Å². The van der Waals surface area contributed by atoms with Crippen molar-refractivity contribution in [1.29, 1.82) is 0 Å². The maximum atomic E-state index is 14.0. The van der Waals surface area contributed by atoms with E-state index in [0.29, 0.717) is 6.42 Å². The Morgan fingerprint density at radius 1 is 1.33 bits per heavy atom. The molecule has 0 bridgehead atoms. The minimum Gasteiger partial charge on any atom is -0.484 e. The fraction of sp³-hybridized carbons (Fsp3) is 0.571. The van der Waals surface area contributed by atoms with Crippen molar-refractivity contribution in [3.63, 3.8) is 0 Å². The fourth-order valence-corrected chi connectivity index (χ4v) is 3.34. The van der Waals surface area contributed by atoms with Crippen LogP contribution in [0.15, 0.2) is 23.1 Å². The molecule has 1 atom stereocenters. The molecule has 1 fully saturated rings. The van der Waals surface area contributed by atoms with Crippen LogP contribution in [-0.2, 0) is 13.8 Å². The number of ether oxygens (including phenoxy) is 2. The highest BCUT2D eigenvalue weighted by atomic mass is 35.7. The molecule has 1 aliphatic rings. The summed E-state index contributed by atoms with van der Waals surface area (Å²) < 4.78 is 47.9. The Kier molecular flexibility index (Phi) is 4.02. The first kappa shape index (κ1) is 16.5. The highest BCUT2D eigenvalue weighted by Gasteiger charge is 2.47. The molecule has 1 saturated heterocycles. The lowest BCUT2D eigenvalue weighted by Gasteiger charge is -2.27. The van der Waals surface area contributed by atoms with Gasteiger partial charge in [0.25, 0.3) is 9.05 Å². The second kappa shape index (κ2) is 5.11. The molecular weight excluding hydrogens is 319 g/mol. The zero-order chi connectivity index (χ0) is 16.1. The first-order valence-corrected chi connectivity index (χ1v) is 8.83. The second-order valence-electron chi connectivity index (χ2n) is 6.31. The Hall–Kier alpha value is -0.850. The zero-order valence-electron chi connectivity index (χ0n) is 12.3. The standard InChI is InChI=1S/C14H18ClFO4S/c1-13(2)8-12(14(3,4)20-13)19-11-6-5-9(7-10(11)16)21(15,17)18/h5-7,12H,8H2,1-4H3. The zero-order valence-corrected chi connectivity index (χ0v) is 13.9. The molecule has 1 aromatic rings. The first-order chi connectivity index (χ1) is 9.41. The van der Waals surface area contributed by atoms with Gasteiger partial charge in [0.2, 0.25) is 0 Å². The number of hydrogen-bond acceptors (Lipinski definition) is 4. The van der Waals surface area contributed by atoms with Crippen LogP contribution < -0.4 is 4.74 Å². The third-order valence-electron chi connectivity index (χ3n) is 3.45. The summed E-state index contributed by atoms with van der Waals surface area (Å²) in [5.41, 5.74) is -0.919. The molecule has 118 valence electrons. The summed E-state index contributed by atoms with van der Waals surface area (Å²) in [7, 11) is 1.22. The fourth-order valence-electron chi connectivity index (χ4n) is 2.58. The van der Waals surface area contributed by atoms with Crippen molar-refractivity contribution >= 4 is 19.7 Å². The smallest absolute Gasteiger partial charge is 0.261 e. The van der Waals surface area contributed by atoms with E-state index in [1.165, 1.54) is 12.1 Å². The summed E-state index contributed by atoms with van der Waals surface area (Å²) in [4.78, 5) is -0.295. The number of benzene rings is 1. The van der Waals surface area contributed by atoms with Gasteiger partial charge in [-0.1, -0.05) is 0 Å². The predicted molar refractivity (Wildman–Crippen MR) is 77.7 cm³/mol. The average Bonchev–Trinajstić information content (AvgIpc) is 2.48. The third-order valence-corrected chi connectivity index (χ3v) is 4.80. The minimum absolute atomic E-state index is 0.0153. The number of rotatable bonds is 3. The van der Waals surface area contributed by atoms with Crippen molar-refractivity contribution in [1.82, 2.24) is 0 Å². The van der Waals surface area contributed by atoms with Crippen molar-refractivity contribution in [2.75, 3.05) is 0 Å². The molecule has 21 heavy (non-hydrogen) atoms. The Morgan fingerprint density at radius 2 is 1.95 bits per heavy atom. The molecule has 0 N–H and O–H groups in total. The predicted octanol–water partition coefficient (Wildman–Crippen LogP) is 3.48. The van der Waals surface area contributed by atoms with Crippen LogP contribution >= 0.6 is 10.7 Å². The molecule has 1 aromatic carbocycles. The van der Waals surface area contributed by atoms with Gasteiger partial charge < -0.3 is 9.47 Å². The van der Waals surface area contributed by atoms with Gasteiger partial charge in [0.1, 0.15) is 11.7 Å². The van der Waals surface area contributed by atoms with Crippen molar-refractivity contribution in [3.8, 4) is 5.75 Å². The summed E-state index contributed by atoms with van der Waals surface area (Å²) in [5.74, 6) is -0.782. The molecule has 1 aliphatic heterocycles. The van der Waals surface area contributed by atoms with Crippen LogP contribution in [0.5, 0.6) is 5.75 Å². The van der Waals surface area contributed by atoms with Crippen molar-refractivity contribution in [2.45, 2.75) is 56.3 Å². The summed E-state index contributed by atoms with van der Waals surface area (Å²) in [6.45, 7) is 7.64. The molecule has 2 rings (SSSR count). The van der Waals surface area contributed by atoms with Gasteiger partial charge in [0.05, 0.1) is 10.5 Å².